The summed E-state index contributed by atoms with van der Waals surface area (Å²) >= 11 is 4.77. The highest BCUT2D eigenvalue weighted by Crippen LogP contribution is 2.47. The van der Waals surface area contributed by atoms with Gasteiger partial charge in [-0.25, -0.2) is 0 Å². The van der Waals surface area contributed by atoms with Crippen LogP contribution in [0.5, 0.6) is 0 Å². The van der Waals surface area contributed by atoms with Crippen LogP contribution >= 0.6 is 34.0 Å². The first-order valence-corrected chi connectivity index (χ1v) is 11.4. The largest absolute Gasteiger partial charge is 0.192 e. The number of benzene rings is 1. The van der Waals surface area contributed by atoms with Crippen molar-refractivity contribution in [3.63, 3.8) is 0 Å². The zero-order valence-electron chi connectivity index (χ0n) is 15.8. The van der Waals surface area contributed by atoms with Crippen LogP contribution in [0.25, 0.3) is 42.4 Å². The van der Waals surface area contributed by atoms with E-state index in [0.29, 0.717) is 0 Å². The molecule has 0 N–H and O–H groups in total. The summed E-state index contributed by atoms with van der Waals surface area (Å²) < 4.78 is 0. The summed E-state index contributed by atoms with van der Waals surface area (Å²) in [7, 11) is 0. The standard InChI is InChI=1S/C24H10N4S3/c25-11-15(12-26)9-17-5-7-21(29-17)23-19-3-1-2-4-20(19)24(31-23)22-8-6-18(30-22)10-16(13-27)14-28/h1-10H. The van der Waals surface area contributed by atoms with Crippen LogP contribution in [-0.4, -0.2) is 0 Å². The Morgan fingerprint density at radius 2 is 1.00 bits per heavy atom. The number of nitriles is 4. The number of fused-ring (bicyclic) bond motifs is 1. The summed E-state index contributed by atoms with van der Waals surface area (Å²) in [4.78, 5) is 6.12. The van der Waals surface area contributed by atoms with Crippen LogP contribution in [0.4, 0.5) is 0 Å². The van der Waals surface area contributed by atoms with Crippen molar-refractivity contribution in [2.24, 2.45) is 0 Å². The minimum absolute atomic E-state index is 0.0819. The van der Waals surface area contributed by atoms with E-state index in [2.05, 4.69) is 12.1 Å². The Morgan fingerprint density at radius 3 is 1.39 bits per heavy atom. The Morgan fingerprint density at radius 1 is 0.581 bits per heavy atom. The molecule has 3 heterocycles. The second kappa shape index (κ2) is 8.80. The maximum absolute atomic E-state index is 9.00. The van der Waals surface area contributed by atoms with Crippen molar-refractivity contribution in [3.05, 3.63) is 69.4 Å². The Labute approximate surface area is 190 Å². The average Bonchev–Trinajstić information content (AvgIpc) is 3.53. The normalized spacial score (nSPS) is 9.81. The molecule has 7 heteroatoms. The fourth-order valence-corrected chi connectivity index (χ4v) is 6.45. The van der Waals surface area contributed by atoms with Crippen LogP contribution in [0.3, 0.4) is 0 Å². The van der Waals surface area contributed by atoms with Crippen molar-refractivity contribution in [1.29, 1.82) is 21.0 Å². The highest BCUT2D eigenvalue weighted by molar-refractivity contribution is 7.28. The summed E-state index contributed by atoms with van der Waals surface area (Å²) in [5, 5.41) is 38.3. The van der Waals surface area contributed by atoms with Gasteiger partial charge in [0.25, 0.3) is 0 Å². The van der Waals surface area contributed by atoms with Gasteiger partial charge in [-0.05, 0) is 36.4 Å². The Bertz CT molecular complexity index is 1390. The fourth-order valence-electron chi connectivity index (χ4n) is 3.03. The van der Waals surface area contributed by atoms with Gasteiger partial charge in [-0.2, -0.15) is 21.0 Å². The highest BCUT2D eigenvalue weighted by Gasteiger charge is 2.16. The third-order valence-corrected chi connectivity index (χ3v) is 8.02. The fraction of sp³-hybridized carbons (Fsp3) is 0. The minimum atomic E-state index is 0.0819. The molecule has 0 aliphatic heterocycles. The second-order valence-electron chi connectivity index (χ2n) is 6.27. The predicted molar refractivity (Wildman–Crippen MR) is 127 cm³/mol. The molecular weight excluding hydrogens is 440 g/mol. The summed E-state index contributed by atoms with van der Waals surface area (Å²) in [6, 6.07) is 23.6. The first kappa shape index (κ1) is 20.3. The van der Waals surface area contributed by atoms with Gasteiger partial charge in [0.05, 0.1) is 9.75 Å². The molecule has 0 atom stereocenters. The Balaban J connectivity index is 1.81. The summed E-state index contributed by atoms with van der Waals surface area (Å²) in [6.45, 7) is 0. The number of nitrogens with zero attached hydrogens (tertiary/aromatic N) is 4. The number of hydrogen-bond donors (Lipinski definition) is 0. The molecule has 0 radical (unpaired) electrons. The van der Waals surface area contributed by atoms with Crippen LogP contribution in [0.15, 0.2) is 59.7 Å². The second-order valence-corrected chi connectivity index (χ2v) is 9.52. The molecule has 0 aliphatic rings. The SMILES string of the molecule is N#CC(C#N)=Cc1ccc(-c2sc(-c3ccc(C=C(C#N)C#N)s3)c3ccccc23)s1. The lowest BCUT2D eigenvalue weighted by Crippen LogP contribution is -1.69. The molecule has 0 bridgehead atoms. The number of hydrogen-bond acceptors (Lipinski definition) is 7. The Hall–Kier alpha value is -3.98. The van der Waals surface area contributed by atoms with Crippen LogP contribution in [0, 0.1) is 45.3 Å². The minimum Gasteiger partial charge on any atom is -0.192 e. The first-order chi connectivity index (χ1) is 15.2. The molecule has 0 unspecified atom stereocenters. The van der Waals surface area contributed by atoms with Gasteiger partial charge in [-0.15, -0.1) is 34.0 Å². The smallest absolute Gasteiger partial charge is 0.131 e. The number of allylic oxidation sites excluding steroid dienone is 2. The molecule has 31 heavy (non-hydrogen) atoms. The molecule has 4 rings (SSSR count). The van der Waals surface area contributed by atoms with Crippen LogP contribution in [-0.2, 0) is 0 Å². The molecule has 0 fully saturated rings. The lowest BCUT2D eigenvalue weighted by Gasteiger charge is -1.94. The van der Waals surface area contributed by atoms with E-state index < -0.39 is 0 Å². The third kappa shape index (κ3) is 4.03. The van der Waals surface area contributed by atoms with E-state index in [1.54, 1.807) is 46.2 Å². The number of rotatable bonds is 4. The third-order valence-electron chi connectivity index (χ3n) is 4.38. The van der Waals surface area contributed by atoms with Gasteiger partial charge in [0, 0.05) is 30.3 Å². The average molecular weight is 451 g/mol. The Kier molecular flexibility index (Phi) is 5.76. The molecule has 4 nitrogen and oxygen atoms in total. The molecule has 0 saturated carbocycles. The van der Waals surface area contributed by atoms with E-state index in [-0.39, 0.29) is 11.1 Å². The predicted octanol–water partition coefficient (Wildman–Crippen LogP) is 7.22. The zero-order valence-corrected chi connectivity index (χ0v) is 18.2. The molecule has 4 aromatic rings. The van der Waals surface area contributed by atoms with Gasteiger partial charge < -0.3 is 0 Å². The van der Waals surface area contributed by atoms with Crippen molar-refractivity contribution in [1.82, 2.24) is 0 Å². The van der Waals surface area contributed by atoms with Crippen molar-refractivity contribution in [2.45, 2.75) is 0 Å². The molecule has 0 spiro atoms. The van der Waals surface area contributed by atoms with E-state index in [0.717, 1.165) is 40.0 Å². The lowest BCUT2D eigenvalue weighted by molar-refractivity contribution is 1.47. The molecular formula is C24H10N4S3. The maximum Gasteiger partial charge on any atom is 0.131 e. The quantitative estimate of drug-likeness (QED) is 0.307. The van der Waals surface area contributed by atoms with Crippen LogP contribution < -0.4 is 0 Å². The van der Waals surface area contributed by atoms with Gasteiger partial charge in [0.2, 0.25) is 0 Å². The van der Waals surface area contributed by atoms with Crippen molar-refractivity contribution in [3.8, 4) is 43.8 Å². The molecule has 0 aliphatic carbocycles. The molecule has 144 valence electrons. The molecule has 3 aromatic heterocycles. The highest BCUT2D eigenvalue weighted by atomic mass is 32.1. The summed E-state index contributed by atoms with van der Waals surface area (Å²) in [5.74, 6) is 0. The lowest BCUT2D eigenvalue weighted by atomic mass is 10.1. The molecule has 0 saturated heterocycles. The van der Waals surface area contributed by atoms with Crippen molar-refractivity contribution < 1.29 is 0 Å². The summed E-state index contributed by atoms with van der Waals surface area (Å²) in [5.41, 5.74) is 0.164. The van der Waals surface area contributed by atoms with Crippen molar-refractivity contribution in [2.75, 3.05) is 0 Å². The van der Waals surface area contributed by atoms with Gasteiger partial charge in [0.15, 0.2) is 0 Å². The molecule has 1 aromatic carbocycles. The summed E-state index contributed by atoms with van der Waals surface area (Å²) in [6.07, 6.45) is 3.20. The van der Waals surface area contributed by atoms with Crippen molar-refractivity contribution >= 4 is 56.9 Å². The maximum atomic E-state index is 9.00. The van der Waals surface area contributed by atoms with Gasteiger partial charge in [-0.3, -0.25) is 0 Å². The van der Waals surface area contributed by atoms with Crippen LogP contribution in [0.1, 0.15) is 9.75 Å². The first-order valence-electron chi connectivity index (χ1n) is 8.92. The zero-order chi connectivity index (χ0) is 21.8. The monoisotopic (exact) mass is 450 g/mol. The number of thiophene rings is 3. The topological polar surface area (TPSA) is 95.2 Å². The van der Waals surface area contributed by atoms with Gasteiger partial charge >= 0.3 is 0 Å². The van der Waals surface area contributed by atoms with Gasteiger partial charge in [0.1, 0.15) is 35.4 Å². The molecule has 0 amide bonds. The van der Waals surface area contributed by atoms with Crippen LogP contribution in [0.2, 0.25) is 0 Å². The van der Waals surface area contributed by atoms with E-state index in [1.165, 1.54) is 0 Å². The van der Waals surface area contributed by atoms with E-state index in [1.807, 2.05) is 60.7 Å². The van der Waals surface area contributed by atoms with E-state index in [9.17, 15) is 0 Å². The van der Waals surface area contributed by atoms with E-state index in [4.69, 9.17) is 21.0 Å². The van der Waals surface area contributed by atoms with E-state index >= 15 is 0 Å². The van der Waals surface area contributed by atoms with Gasteiger partial charge in [-0.1, -0.05) is 24.3 Å².